The number of rotatable bonds is 3. The molecule has 0 unspecified atom stereocenters. The van der Waals surface area contributed by atoms with E-state index in [4.69, 9.17) is 21.7 Å². The van der Waals surface area contributed by atoms with Crippen molar-refractivity contribution in [2.75, 3.05) is 38.3 Å². The molecule has 1 N–H and O–H groups in total. The largest absolute Gasteiger partial charge is 0.454 e. The van der Waals surface area contributed by atoms with E-state index in [1.807, 2.05) is 6.07 Å². The fourth-order valence-electron chi connectivity index (χ4n) is 3.66. The molecule has 29 heavy (non-hydrogen) atoms. The highest BCUT2D eigenvalue weighted by molar-refractivity contribution is 7.80. The van der Waals surface area contributed by atoms with Crippen molar-refractivity contribution in [1.82, 2.24) is 9.80 Å². The van der Waals surface area contributed by atoms with Gasteiger partial charge < -0.3 is 19.7 Å². The predicted octanol–water partition coefficient (Wildman–Crippen LogP) is 4.23. The molecule has 5 nitrogen and oxygen atoms in total. The molecule has 1 fully saturated rings. The van der Waals surface area contributed by atoms with Gasteiger partial charge >= 0.3 is 0 Å². The number of hydrogen-bond donors (Lipinski definition) is 1. The van der Waals surface area contributed by atoms with Gasteiger partial charge in [0.15, 0.2) is 16.6 Å². The number of hydrogen-bond acceptors (Lipinski definition) is 4. The minimum atomic E-state index is 0.160. The molecule has 0 radical (unpaired) electrons. The van der Waals surface area contributed by atoms with Crippen LogP contribution in [0.1, 0.15) is 31.9 Å². The van der Waals surface area contributed by atoms with E-state index in [0.29, 0.717) is 6.79 Å². The van der Waals surface area contributed by atoms with Gasteiger partial charge in [-0.25, -0.2) is 0 Å². The Morgan fingerprint density at radius 1 is 0.966 bits per heavy atom. The summed E-state index contributed by atoms with van der Waals surface area (Å²) in [5.41, 5.74) is 3.78. The Labute approximate surface area is 178 Å². The average molecular weight is 412 g/mol. The minimum absolute atomic E-state index is 0.160. The van der Waals surface area contributed by atoms with Crippen molar-refractivity contribution in [3.8, 4) is 11.5 Å². The maximum Gasteiger partial charge on any atom is 0.231 e. The van der Waals surface area contributed by atoms with Gasteiger partial charge in [0, 0.05) is 38.4 Å². The van der Waals surface area contributed by atoms with Crippen LogP contribution in [0.4, 0.5) is 5.69 Å². The van der Waals surface area contributed by atoms with Crippen LogP contribution in [0.15, 0.2) is 42.5 Å². The van der Waals surface area contributed by atoms with Crippen LogP contribution in [-0.4, -0.2) is 47.9 Å². The molecule has 0 atom stereocenters. The highest BCUT2D eigenvalue weighted by Gasteiger charge is 2.21. The molecule has 2 heterocycles. The Balaban J connectivity index is 1.27. The summed E-state index contributed by atoms with van der Waals surface area (Å²) in [6.07, 6.45) is 0. The zero-order valence-corrected chi connectivity index (χ0v) is 18.2. The van der Waals surface area contributed by atoms with Crippen molar-refractivity contribution in [2.45, 2.75) is 32.7 Å². The van der Waals surface area contributed by atoms with E-state index >= 15 is 0 Å². The second kappa shape index (κ2) is 8.20. The van der Waals surface area contributed by atoms with Crippen molar-refractivity contribution in [1.29, 1.82) is 0 Å². The lowest BCUT2D eigenvalue weighted by atomic mass is 9.87. The van der Waals surface area contributed by atoms with Gasteiger partial charge in [0.05, 0.1) is 0 Å². The first-order chi connectivity index (χ1) is 13.9. The predicted molar refractivity (Wildman–Crippen MR) is 121 cm³/mol. The standard InChI is InChI=1S/C23H29N3O2S/c1-23(2,3)18-5-7-19(8-6-18)24-22(29)26-12-10-25(11-13-26)15-17-4-9-20-21(14-17)28-16-27-20/h4-9,14H,10-13,15-16H2,1-3H3,(H,24,29). The zero-order chi connectivity index (χ0) is 20.4. The number of nitrogens with zero attached hydrogens (tertiary/aromatic N) is 2. The highest BCUT2D eigenvalue weighted by Crippen LogP contribution is 2.33. The topological polar surface area (TPSA) is 37.0 Å². The van der Waals surface area contributed by atoms with Crippen molar-refractivity contribution >= 4 is 23.0 Å². The summed E-state index contributed by atoms with van der Waals surface area (Å²) in [6, 6.07) is 14.8. The zero-order valence-electron chi connectivity index (χ0n) is 17.4. The molecular weight excluding hydrogens is 382 g/mol. The van der Waals surface area contributed by atoms with E-state index in [2.05, 4.69) is 72.3 Å². The van der Waals surface area contributed by atoms with E-state index in [9.17, 15) is 0 Å². The van der Waals surface area contributed by atoms with Gasteiger partial charge in [-0.05, 0) is 53.0 Å². The fraction of sp³-hybridized carbons (Fsp3) is 0.435. The Morgan fingerprint density at radius 3 is 2.34 bits per heavy atom. The van der Waals surface area contributed by atoms with Gasteiger partial charge in [0.1, 0.15) is 0 Å². The number of anilines is 1. The first-order valence-electron chi connectivity index (χ1n) is 10.2. The second-order valence-electron chi connectivity index (χ2n) is 8.71. The quantitative estimate of drug-likeness (QED) is 0.762. The summed E-state index contributed by atoms with van der Waals surface area (Å²) in [5.74, 6) is 1.69. The molecule has 2 aliphatic rings. The van der Waals surface area contributed by atoms with Gasteiger partial charge in [0.2, 0.25) is 6.79 Å². The van der Waals surface area contributed by atoms with E-state index < -0.39 is 0 Å². The fourth-order valence-corrected chi connectivity index (χ4v) is 3.96. The molecule has 0 aliphatic carbocycles. The van der Waals surface area contributed by atoms with Crippen LogP contribution in [0.2, 0.25) is 0 Å². The lowest BCUT2D eigenvalue weighted by Crippen LogP contribution is -2.49. The number of benzene rings is 2. The molecule has 4 rings (SSSR count). The van der Waals surface area contributed by atoms with Crippen LogP contribution < -0.4 is 14.8 Å². The van der Waals surface area contributed by atoms with Crippen molar-refractivity contribution in [2.24, 2.45) is 0 Å². The number of fused-ring (bicyclic) bond motifs is 1. The summed E-state index contributed by atoms with van der Waals surface area (Å²) in [6.45, 7) is 11.7. The van der Waals surface area contributed by atoms with Crippen molar-refractivity contribution in [3.63, 3.8) is 0 Å². The molecule has 6 heteroatoms. The first-order valence-corrected chi connectivity index (χ1v) is 10.6. The van der Waals surface area contributed by atoms with Crippen LogP contribution >= 0.6 is 12.2 Å². The Bertz CT molecular complexity index is 869. The summed E-state index contributed by atoms with van der Waals surface area (Å²) in [4.78, 5) is 4.71. The Kier molecular flexibility index (Phi) is 5.65. The van der Waals surface area contributed by atoms with E-state index in [1.54, 1.807) is 0 Å². The molecular formula is C23H29N3O2S. The molecule has 1 saturated heterocycles. The van der Waals surface area contributed by atoms with Crippen LogP contribution in [0.3, 0.4) is 0 Å². The molecule has 2 aromatic carbocycles. The highest BCUT2D eigenvalue weighted by atomic mass is 32.1. The summed E-state index contributed by atoms with van der Waals surface area (Å²) in [7, 11) is 0. The van der Waals surface area contributed by atoms with Gasteiger partial charge in [-0.3, -0.25) is 4.90 Å². The third-order valence-electron chi connectivity index (χ3n) is 5.50. The van der Waals surface area contributed by atoms with Crippen molar-refractivity contribution in [3.05, 3.63) is 53.6 Å². The van der Waals surface area contributed by atoms with Crippen LogP contribution in [-0.2, 0) is 12.0 Å². The van der Waals surface area contributed by atoms with Crippen LogP contribution in [0.25, 0.3) is 0 Å². The molecule has 0 saturated carbocycles. The summed E-state index contributed by atoms with van der Waals surface area (Å²) < 4.78 is 10.9. The van der Waals surface area contributed by atoms with Gasteiger partial charge in [-0.15, -0.1) is 0 Å². The smallest absolute Gasteiger partial charge is 0.231 e. The van der Waals surface area contributed by atoms with Gasteiger partial charge in [-0.2, -0.15) is 0 Å². The van der Waals surface area contributed by atoms with E-state index in [1.165, 1.54) is 11.1 Å². The van der Waals surface area contributed by atoms with Crippen LogP contribution in [0, 0.1) is 0 Å². The molecule has 0 aromatic heterocycles. The third-order valence-corrected chi connectivity index (χ3v) is 5.87. The van der Waals surface area contributed by atoms with Gasteiger partial charge in [0.25, 0.3) is 0 Å². The summed E-state index contributed by atoms with van der Waals surface area (Å²) in [5, 5.41) is 4.19. The number of ether oxygens (including phenoxy) is 2. The molecule has 154 valence electrons. The second-order valence-corrected chi connectivity index (χ2v) is 9.10. The number of nitrogens with one attached hydrogen (secondary N) is 1. The molecule has 0 spiro atoms. The third kappa shape index (κ3) is 4.82. The lowest BCUT2D eigenvalue weighted by molar-refractivity contribution is 0.173. The maximum atomic E-state index is 5.65. The monoisotopic (exact) mass is 411 g/mol. The van der Waals surface area contributed by atoms with Crippen molar-refractivity contribution < 1.29 is 9.47 Å². The van der Waals surface area contributed by atoms with E-state index in [-0.39, 0.29) is 5.41 Å². The first kappa shape index (κ1) is 20.0. The number of thiocarbonyl (C=S) groups is 1. The molecule has 0 amide bonds. The molecule has 2 aromatic rings. The Morgan fingerprint density at radius 2 is 1.66 bits per heavy atom. The molecule has 0 bridgehead atoms. The average Bonchev–Trinajstić information content (AvgIpc) is 3.16. The van der Waals surface area contributed by atoms with Gasteiger partial charge in [-0.1, -0.05) is 39.0 Å². The maximum absolute atomic E-state index is 5.65. The Hall–Kier alpha value is -2.31. The number of piperazine rings is 1. The minimum Gasteiger partial charge on any atom is -0.454 e. The normalized spacial score (nSPS) is 16.7. The van der Waals surface area contributed by atoms with E-state index in [0.717, 1.165) is 55.0 Å². The van der Waals surface area contributed by atoms with Crippen LogP contribution in [0.5, 0.6) is 11.5 Å². The summed E-state index contributed by atoms with van der Waals surface area (Å²) >= 11 is 5.65. The molecule has 2 aliphatic heterocycles. The SMILES string of the molecule is CC(C)(C)c1ccc(NC(=S)N2CCN(Cc3ccc4c(c3)OCO4)CC2)cc1. The lowest BCUT2D eigenvalue weighted by Gasteiger charge is -2.36.